The van der Waals surface area contributed by atoms with Crippen molar-refractivity contribution < 1.29 is 4.74 Å². The third kappa shape index (κ3) is 2.85. The molecule has 1 aromatic heterocycles. The quantitative estimate of drug-likeness (QED) is 0.406. The Morgan fingerprint density at radius 3 is 2.27 bits per heavy atom. The molecule has 0 saturated carbocycles. The summed E-state index contributed by atoms with van der Waals surface area (Å²) in [5.74, 6) is 1.24. The highest BCUT2D eigenvalue weighted by Crippen LogP contribution is 2.37. The van der Waals surface area contributed by atoms with E-state index in [1.165, 1.54) is 0 Å². The highest BCUT2D eigenvalue weighted by molar-refractivity contribution is 5.99. The Balaban J connectivity index is 1.97. The van der Waals surface area contributed by atoms with Crippen molar-refractivity contribution in [1.29, 1.82) is 0 Å². The molecule has 0 fully saturated rings. The molecule has 0 spiro atoms. The van der Waals surface area contributed by atoms with Crippen LogP contribution in [0.2, 0.25) is 0 Å². The third-order valence-electron chi connectivity index (χ3n) is 5.40. The van der Waals surface area contributed by atoms with Crippen LogP contribution in [0.25, 0.3) is 38.8 Å². The molecule has 0 radical (unpaired) electrons. The van der Waals surface area contributed by atoms with Gasteiger partial charge in [0.25, 0.3) is 5.56 Å². The maximum Gasteiger partial charge on any atom is 0.266 e. The van der Waals surface area contributed by atoms with Crippen LogP contribution in [0.5, 0.6) is 5.75 Å². The fourth-order valence-corrected chi connectivity index (χ4v) is 3.89. The van der Waals surface area contributed by atoms with Gasteiger partial charge in [0.15, 0.2) is 5.82 Å². The minimum Gasteiger partial charge on any atom is -0.496 e. The van der Waals surface area contributed by atoms with E-state index in [0.29, 0.717) is 22.5 Å². The van der Waals surface area contributed by atoms with Crippen molar-refractivity contribution in [3.05, 3.63) is 101 Å². The van der Waals surface area contributed by atoms with Crippen LogP contribution in [-0.4, -0.2) is 16.7 Å². The second-order valence-corrected chi connectivity index (χ2v) is 7.29. The van der Waals surface area contributed by atoms with Gasteiger partial charge < -0.3 is 4.74 Å². The van der Waals surface area contributed by atoms with E-state index in [1.807, 2.05) is 91.9 Å². The third-order valence-corrected chi connectivity index (χ3v) is 5.40. The molecule has 0 N–H and O–H groups in total. The van der Waals surface area contributed by atoms with Gasteiger partial charge in [-0.1, -0.05) is 60.2 Å². The lowest BCUT2D eigenvalue weighted by Gasteiger charge is -2.18. The molecular formula is C26H20N2O2. The second kappa shape index (κ2) is 7.16. The van der Waals surface area contributed by atoms with E-state index in [9.17, 15) is 4.79 Å². The fourth-order valence-electron chi connectivity index (χ4n) is 3.89. The molecule has 4 aromatic carbocycles. The number of rotatable bonds is 3. The van der Waals surface area contributed by atoms with Crippen LogP contribution in [0.1, 0.15) is 5.56 Å². The minimum absolute atomic E-state index is 0.102. The monoisotopic (exact) mass is 392 g/mol. The number of para-hydroxylation sites is 1. The van der Waals surface area contributed by atoms with Crippen molar-refractivity contribution in [2.75, 3.05) is 7.11 Å². The number of aromatic nitrogens is 2. The number of fused-ring (bicyclic) bond motifs is 2. The molecule has 30 heavy (non-hydrogen) atoms. The molecule has 1 heterocycles. The van der Waals surface area contributed by atoms with E-state index >= 15 is 0 Å². The lowest BCUT2D eigenvalue weighted by Crippen LogP contribution is -2.22. The Morgan fingerprint density at radius 1 is 0.800 bits per heavy atom. The van der Waals surface area contributed by atoms with Gasteiger partial charge >= 0.3 is 0 Å². The first-order chi connectivity index (χ1) is 14.7. The van der Waals surface area contributed by atoms with Gasteiger partial charge in [-0.3, -0.25) is 9.36 Å². The van der Waals surface area contributed by atoms with E-state index in [-0.39, 0.29) is 5.56 Å². The Labute approximate surface area is 174 Å². The number of hydrogen-bond donors (Lipinski definition) is 0. The Bertz CT molecular complexity index is 1450. The first kappa shape index (κ1) is 18.1. The second-order valence-electron chi connectivity index (χ2n) is 7.29. The summed E-state index contributed by atoms with van der Waals surface area (Å²) in [4.78, 5) is 18.6. The van der Waals surface area contributed by atoms with Crippen molar-refractivity contribution in [3.8, 4) is 22.8 Å². The maximum atomic E-state index is 13.6. The predicted molar refractivity (Wildman–Crippen MR) is 122 cm³/mol. The fraction of sp³-hybridized carbons (Fsp3) is 0.0769. The van der Waals surface area contributed by atoms with Gasteiger partial charge in [0.2, 0.25) is 0 Å². The highest BCUT2D eigenvalue weighted by Gasteiger charge is 2.20. The van der Waals surface area contributed by atoms with Crippen LogP contribution >= 0.6 is 0 Å². The van der Waals surface area contributed by atoms with Gasteiger partial charge in [0, 0.05) is 0 Å². The average molecular weight is 392 g/mol. The van der Waals surface area contributed by atoms with Crippen LogP contribution < -0.4 is 10.3 Å². The molecule has 0 aliphatic rings. The molecule has 4 heteroatoms. The van der Waals surface area contributed by atoms with Crippen molar-refractivity contribution in [2.45, 2.75) is 6.92 Å². The number of hydrogen-bond acceptors (Lipinski definition) is 3. The number of nitrogens with zero attached hydrogens (tertiary/aromatic N) is 2. The largest absolute Gasteiger partial charge is 0.496 e. The summed E-state index contributed by atoms with van der Waals surface area (Å²) < 4.78 is 7.40. The minimum atomic E-state index is -0.102. The summed E-state index contributed by atoms with van der Waals surface area (Å²) in [6.45, 7) is 2.03. The first-order valence-corrected chi connectivity index (χ1v) is 9.82. The Hall–Kier alpha value is -3.92. The summed E-state index contributed by atoms with van der Waals surface area (Å²) in [6.07, 6.45) is 0. The van der Waals surface area contributed by atoms with Crippen LogP contribution in [0.4, 0.5) is 0 Å². The van der Waals surface area contributed by atoms with E-state index in [2.05, 4.69) is 0 Å². The normalized spacial score (nSPS) is 11.1. The first-order valence-electron chi connectivity index (χ1n) is 9.82. The zero-order chi connectivity index (χ0) is 20.7. The number of ether oxygens (including phenoxy) is 1. The standard InChI is InChI=1S/C26H20N2O2/c1-17-11-14-19(15-12-17)28-25(27-22-10-6-5-9-21(22)26(28)29)24-20-8-4-3-7-18(20)13-16-23(24)30-2/h3-16H,1-2H3. The van der Waals surface area contributed by atoms with Gasteiger partial charge in [0.05, 0.1) is 29.3 Å². The van der Waals surface area contributed by atoms with E-state index in [0.717, 1.165) is 27.6 Å². The zero-order valence-electron chi connectivity index (χ0n) is 16.8. The summed E-state index contributed by atoms with van der Waals surface area (Å²) in [5, 5.41) is 2.63. The molecule has 0 saturated heterocycles. The van der Waals surface area contributed by atoms with Crippen LogP contribution in [-0.2, 0) is 0 Å². The SMILES string of the molecule is COc1ccc2ccccc2c1-c1nc2ccccc2c(=O)n1-c1ccc(C)cc1. The average Bonchev–Trinajstić information content (AvgIpc) is 2.79. The topological polar surface area (TPSA) is 44.1 Å². The molecule has 0 atom stereocenters. The molecule has 4 nitrogen and oxygen atoms in total. The summed E-state index contributed by atoms with van der Waals surface area (Å²) in [6, 6.07) is 27.4. The molecule has 0 bridgehead atoms. The van der Waals surface area contributed by atoms with Crippen LogP contribution in [0, 0.1) is 6.92 Å². The molecule has 146 valence electrons. The predicted octanol–water partition coefficient (Wildman–Crippen LogP) is 5.52. The lowest BCUT2D eigenvalue weighted by molar-refractivity contribution is 0.416. The van der Waals surface area contributed by atoms with Crippen LogP contribution in [0.3, 0.4) is 0 Å². The van der Waals surface area contributed by atoms with E-state index in [1.54, 1.807) is 11.7 Å². The van der Waals surface area contributed by atoms with Crippen molar-refractivity contribution in [3.63, 3.8) is 0 Å². The highest BCUT2D eigenvalue weighted by atomic mass is 16.5. The molecule has 0 aliphatic heterocycles. The number of methoxy groups -OCH3 is 1. The summed E-state index contributed by atoms with van der Waals surface area (Å²) in [5.41, 5.74) is 3.27. The van der Waals surface area contributed by atoms with Gasteiger partial charge in [-0.2, -0.15) is 0 Å². The molecular weight excluding hydrogens is 372 g/mol. The van der Waals surface area contributed by atoms with Crippen molar-refractivity contribution in [2.24, 2.45) is 0 Å². The van der Waals surface area contributed by atoms with Gasteiger partial charge in [-0.05, 0) is 48.0 Å². The Morgan fingerprint density at radius 2 is 1.50 bits per heavy atom. The van der Waals surface area contributed by atoms with Gasteiger partial charge in [0.1, 0.15) is 5.75 Å². The van der Waals surface area contributed by atoms with E-state index in [4.69, 9.17) is 9.72 Å². The molecule has 0 unspecified atom stereocenters. The van der Waals surface area contributed by atoms with Crippen molar-refractivity contribution >= 4 is 21.7 Å². The number of aryl methyl sites for hydroxylation is 1. The zero-order valence-corrected chi connectivity index (χ0v) is 16.8. The summed E-state index contributed by atoms with van der Waals surface area (Å²) in [7, 11) is 1.64. The maximum absolute atomic E-state index is 13.6. The molecule has 0 amide bonds. The van der Waals surface area contributed by atoms with Gasteiger partial charge in [-0.25, -0.2) is 4.98 Å². The smallest absolute Gasteiger partial charge is 0.266 e. The lowest BCUT2D eigenvalue weighted by atomic mass is 10.0. The van der Waals surface area contributed by atoms with E-state index < -0.39 is 0 Å². The van der Waals surface area contributed by atoms with Crippen molar-refractivity contribution in [1.82, 2.24) is 9.55 Å². The number of benzene rings is 4. The molecule has 0 aliphatic carbocycles. The van der Waals surface area contributed by atoms with Gasteiger partial charge in [-0.15, -0.1) is 0 Å². The molecule has 5 aromatic rings. The van der Waals surface area contributed by atoms with Crippen LogP contribution in [0.15, 0.2) is 89.7 Å². The molecule has 5 rings (SSSR count). The Kier molecular flexibility index (Phi) is 4.32. The summed E-state index contributed by atoms with van der Waals surface area (Å²) >= 11 is 0.